The quantitative estimate of drug-likeness (QED) is 0.622. The van der Waals surface area contributed by atoms with Gasteiger partial charge in [0.2, 0.25) is 0 Å². The third kappa shape index (κ3) is 5.50. The molecule has 0 amide bonds. The number of rotatable bonds is 9. The molecule has 0 heterocycles. The van der Waals surface area contributed by atoms with Gasteiger partial charge >= 0.3 is 0 Å². The number of aliphatic hydroxyl groups excluding tert-OH is 2. The predicted molar refractivity (Wildman–Crippen MR) is 61.8 cm³/mol. The Hall–Kier alpha value is -0.120. The van der Waals surface area contributed by atoms with Crippen LogP contribution >= 0.6 is 0 Å². The fourth-order valence-electron chi connectivity index (χ4n) is 1.86. The minimum absolute atomic E-state index is 0.0996. The van der Waals surface area contributed by atoms with E-state index in [-0.39, 0.29) is 12.5 Å². The normalized spacial score (nSPS) is 17.4. The van der Waals surface area contributed by atoms with Gasteiger partial charge in [-0.3, -0.25) is 0 Å². The van der Waals surface area contributed by atoms with Crippen molar-refractivity contribution in [2.45, 2.75) is 58.7 Å². The van der Waals surface area contributed by atoms with Crippen molar-refractivity contribution in [3.63, 3.8) is 0 Å². The average molecular weight is 218 g/mol. The number of hydrogen-bond acceptors (Lipinski definition) is 3. The summed E-state index contributed by atoms with van der Waals surface area (Å²) in [7, 11) is 0. The molecule has 3 atom stereocenters. The summed E-state index contributed by atoms with van der Waals surface area (Å²) in [6, 6.07) is 0. The van der Waals surface area contributed by atoms with Crippen LogP contribution in [0.5, 0.6) is 0 Å². The summed E-state index contributed by atoms with van der Waals surface area (Å²) < 4.78 is 5.32. The second-order valence-corrected chi connectivity index (χ2v) is 3.98. The topological polar surface area (TPSA) is 49.7 Å². The van der Waals surface area contributed by atoms with Crippen LogP contribution in [0.2, 0.25) is 0 Å². The molecule has 0 aliphatic heterocycles. The van der Waals surface area contributed by atoms with Gasteiger partial charge in [-0.2, -0.15) is 0 Å². The number of ether oxygens (including phenoxy) is 1. The summed E-state index contributed by atoms with van der Waals surface area (Å²) in [6.07, 6.45) is 3.26. The van der Waals surface area contributed by atoms with E-state index in [0.29, 0.717) is 6.61 Å². The lowest BCUT2D eigenvalue weighted by atomic mass is 9.90. The van der Waals surface area contributed by atoms with E-state index in [4.69, 9.17) is 9.84 Å². The lowest BCUT2D eigenvalue weighted by Crippen LogP contribution is -2.38. The lowest BCUT2D eigenvalue weighted by molar-refractivity contribution is -0.0827. The maximum absolute atomic E-state index is 10.0. The van der Waals surface area contributed by atoms with Gasteiger partial charge in [0.1, 0.15) is 6.10 Å². The third-order valence-corrected chi connectivity index (χ3v) is 2.88. The first-order valence-electron chi connectivity index (χ1n) is 6.11. The fourth-order valence-corrected chi connectivity index (χ4v) is 1.86. The molecule has 0 radical (unpaired) electrons. The van der Waals surface area contributed by atoms with E-state index < -0.39 is 12.2 Å². The van der Waals surface area contributed by atoms with E-state index in [1.807, 2.05) is 6.92 Å². The van der Waals surface area contributed by atoms with E-state index in [1.54, 1.807) is 0 Å². The minimum atomic E-state index is -0.536. The Balaban J connectivity index is 4.13. The highest BCUT2D eigenvalue weighted by Gasteiger charge is 2.25. The van der Waals surface area contributed by atoms with Crippen molar-refractivity contribution in [3.8, 4) is 0 Å². The molecule has 0 aromatic carbocycles. The Kier molecular flexibility index (Phi) is 9.06. The molecule has 0 bridgehead atoms. The molecular weight excluding hydrogens is 192 g/mol. The van der Waals surface area contributed by atoms with Gasteiger partial charge in [0.05, 0.1) is 12.7 Å². The van der Waals surface area contributed by atoms with Crippen LogP contribution in [-0.4, -0.2) is 35.6 Å². The Morgan fingerprint density at radius 1 is 1.20 bits per heavy atom. The van der Waals surface area contributed by atoms with Crippen molar-refractivity contribution in [2.24, 2.45) is 5.92 Å². The van der Waals surface area contributed by atoms with Crippen molar-refractivity contribution in [3.05, 3.63) is 0 Å². The second kappa shape index (κ2) is 9.13. The Morgan fingerprint density at radius 2 is 1.87 bits per heavy atom. The Morgan fingerprint density at radius 3 is 2.27 bits per heavy atom. The summed E-state index contributed by atoms with van der Waals surface area (Å²) in [5, 5.41) is 19.2. The molecule has 3 nitrogen and oxygen atoms in total. The molecule has 0 spiro atoms. The van der Waals surface area contributed by atoms with E-state index in [2.05, 4.69) is 13.8 Å². The van der Waals surface area contributed by atoms with Crippen LogP contribution in [-0.2, 0) is 4.74 Å². The van der Waals surface area contributed by atoms with Gasteiger partial charge in [-0.15, -0.1) is 0 Å². The number of unbranched alkanes of at least 4 members (excludes halogenated alkanes) is 1. The maximum atomic E-state index is 10.0. The Bertz CT molecular complexity index is 139. The van der Waals surface area contributed by atoms with Gasteiger partial charge in [-0.05, 0) is 19.3 Å². The van der Waals surface area contributed by atoms with Crippen molar-refractivity contribution in [1.29, 1.82) is 0 Å². The monoisotopic (exact) mass is 218 g/mol. The first-order valence-corrected chi connectivity index (χ1v) is 6.11. The highest BCUT2D eigenvalue weighted by atomic mass is 16.5. The minimum Gasteiger partial charge on any atom is -0.394 e. The van der Waals surface area contributed by atoms with Gasteiger partial charge in [0.25, 0.3) is 0 Å². The van der Waals surface area contributed by atoms with Crippen LogP contribution in [0.3, 0.4) is 0 Å². The maximum Gasteiger partial charge on any atom is 0.107 e. The van der Waals surface area contributed by atoms with Crippen LogP contribution in [0.25, 0.3) is 0 Å². The molecule has 3 unspecified atom stereocenters. The van der Waals surface area contributed by atoms with Crippen LogP contribution < -0.4 is 0 Å². The highest BCUT2D eigenvalue weighted by molar-refractivity contribution is 4.76. The summed E-state index contributed by atoms with van der Waals surface area (Å²) in [5.74, 6) is 0.244. The summed E-state index contributed by atoms with van der Waals surface area (Å²) in [6.45, 7) is 6.53. The van der Waals surface area contributed by atoms with Crippen LogP contribution in [0.15, 0.2) is 0 Å². The molecule has 0 saturated carbocycles. The van der Waals surface area contributed by atoms with Gasteiger partial charge in [0, 0.05) is 6.61 Å². The molecule has 0 aromatic heterocycles. The average Bonchev–Trinajstić information content (AvgIpc) is 2.26. The number of aliphatic hydroxyl groups is 2. The molecule has 0 saturated heterocycles. The SMILES string of the molecule is CCCCC(CC)C(O)C(CO)OCC. The first-order chi connectivity index (χ1) is 7.21. The van der Waals surface area contributed by atoms with E-state index in [0.717, 1.165) is 25.7 Å². The van der Waals surface area contributed by atoms with E-state index in [9.17, 15) is 5.11 Å². The summed E-state index contributed by atoms with van der Waals surface area (Å²) in [5.41, 5.74) is 0. The van der Waals surface area contributed by atoms with Gasteiger partial charge < -0.3 is 14.9 Å². The molecule has 0 aliphatic carbocycles. The first kappa shape index (κ1) is 14.9. The van der Waals surface area contributed by atoms with E-state index >= 15 is 0 Å². The van der Waals surface area contributed by atoms with Crippen LogP contribution in [0.1, 0.15) is 46.5 Å². The van der Waals surface area contributed by atoms with Gasteiger partial charge in [-0.25, -0.2) is 0 Å². The third-order valence-electron chi connectivity index (χ3n) is 2.88. The van der Waals surface area contributed by atoms with Gasteiger partial charge in [0.15, 0.2) is 0 Å². The molecular formula is C12H26O3. The molecule has 15 heavy (non-hydrogen) atoms. The molecule has 2 N–H and O–H groups in total. The fraction of sp³-hybridized carbons (Fsp3) is 1.00. The van der Waals surface area contributed by atoms with Crippen LogP contribution in [0, 0.1) is 5.92 Å². The largest absolute Gasteiger partial charge is 0.394 e. The summed E-state index contributed by atoms with van der Waals surface area (Å²) >= 11 is 0. The van der Waals surface area contributed by atoms with E-state index in [1.165, 1.54) is 0 Å². The zero-order valence-corrected chi connectivity index (χ0v) is 10.3. The Labute approximate surface area is 93.5 Å². The molecule has 0 fully saturated rings. The highest BCUT2D eigenvalue weighted by Crippen LogP contribution is 2.20. The van der Waals surface area contributed by atoms with Crippen molar-refractivity contribution >= 4 is 0 Å². The van der Waals surface area contributed by atoms with Gasteiger partial charge in [-0.1, -0.05) is 33.1 Å². The molecule has 0 aliphatic rings. The van der Waals surface area contributed by atoms with Crippen molar-refractivity contribution in [1.82, 2.24) is 0 Å². The smallest absolute Gasteiger partial charge is 0.107 e. The predicted octanol–water partition coefficient (Wildman–Crippen LogP) is 1.96. The number of hydrogen-bond donors (Lipinski definition) is 2. The zero-order chi connectivity index (χ0) is 11.7. The molecule has 3 heteroatoms. The standard InChI is InChI=1S/C12H26O3/c1-4-7-8-10(5-2)12(14)11(9-13)15-6-3/h10-14H,4-9H2,1-3H3. The van der Waals surface area contributed by atoms with Crippen molar-refractivity contribution < 1.29 is 14.9 Å². The molecule has 0 aromatic rings. The lowest BCUT2D eigenvalue weighted by Gasteiger charge is -2.27. The second-order valence-electron chi connectivity index (χ2n) is 3.98. The molecule has 92 valence electrons. The zero-order valence-electron chi connectivity index (χ0n) is 10.3. The molecule has 0 rings (SSSR count). The summed E-state index contributed by atoms with van der Waals surface area (Å²) in [4.78, 5) is 0. The van der Waals surface area contributed by atoms with Crippen molar-refractivity contribution in [2.75, 3.05) is 13.2 Å². The van der Waals surface area contributed by atoms with Crippen LogP contribution in [0.4, 0.5) is 0 Å².